The fraction of sp³-hybridized carbons (Fsp3) is 0.409. The van der Waals surface area contributed by atoms with Crippen molar-refractivity contribution in [3.8, 4) is 0 Å². The number of nitrogens with one attached hydrogen (secondary N) is 2. The van der Waals surface area contributed by atoms with E-state index in [9.17, 15) is 13.2 Å². The molecule has 0 atom stereocenters. The van der Waals surface area contributed by atoms with Crippen LogP contribution in [0.15, 0.2) is 47.4 Å². The first-order chi connectivity index (χ1) is 14.0. The second-order valence-electron chi connectivity index (χ2n) is 8.60. The Bertz CT molecular complexity index is 1030. The van der Waals surface area contributed by atoms with Crippen LogP contribution in [-0.4, -0.2) is 37.9 Å². The largest absolute Gasteiger partial charge is 0.322 e. The highest BCUT2D eigenvalue weighted by atomic mass is 35.5. The van der Waals surface area contributed by atoms with Gasteiger partial charge in [0.2, 0.25) is 10.0 Å². The molecular formula is C22H28ClN3O3S. The van der Waals surface area contributed by atoms with Crippen LogP contribution in [0.25, 0.3) is 0 Å². The normalized spacial score (nSPS) is 15.3. The zero-order chi connectivity index (χ0) is 21.9. The van der Waals surface area contributed by atoms with Crippen molar-refractivity contribution in [2.24, 2.45) is 0 Å². The monoisotopic (exact) mass is 449 g/mol. The topological polar surface area (TPSA) is 78.5 Å². The van der Waals surface area contributed by atoms with E-state index in [0.717, 1.165) is 30.9 Å². The molecule has 162 valence electrons. The van der Waals surface area contributed by atoms with Gasteiger partial charge in [0.1, 0.15) is 4.90 Å². The number of benzene rings is 2. The highest BCUT2D eigenvalue weighted by Crippen LogP contribution is 2.25. The first-order valence-corrected chi connectivity index (χ1v) is 11.9. The Labute approximate surface area is 183 Å². The lowest BCUT2D eigenvalue weighted by Crippen LogP contribution is -2.40. The first-order valence-electron chi connectivity index (χ1n) is 10.0. The molecule has 3 rings (SSSR count). The molecule has 1 aliphatic heterocycles. The summed E-state index contributed by atoms with van der Waals surface area (Å²) in [5, 5.41) is 2.99. The number of likely N-dealkylation sites (tertiary alicyclic amines) is 1. The van der Waals surface area contributed by atoms with Crippen LogP contribution in [0.3, 0.4) is 0 Å². The molecule has 0 radical (unpaired) electrons. The molecular weight excluding hydrogens is 422 g/mol. The van der Waals surface area contributed by atoms with Crippen LogP contribution in [0.5, 0.6) is 0 Å². The highest BCUT2D eigenvalue weighted by molar-refractivity contribution is 7.89. The molecule has 2 N–H and O–H groups in total. The molecule has 1 amide bonds. The number of amides is 1. The Morgan fingerprint density at radius 1 is 1.10 bits per heavy atom. The molecule has 8 heteroatoms. The summed E-state index contributed by atoms with van der Waals surface area (Å²) in [6.07, 6.45) is 2.39. The quantitative estimate of drug-likeness (QED) is 0.690. The van der Waals surface area contributed by atoms with Crippen LogP contribution in [0.1, 0.15) is 49.5 Å². The van der Waals surface area contributed by atoms with E-state index < -0.39 is 15.6 Å². The molecule has 2 aromatic rings. The molecule has 0 unspecified atom stereocenters. The number of nitrogens with zero attached hydrogens (tertiary/aromatic N) is 1. The summed E-state index contributed by atoms with van der Waals surface area (Å²) in [6.45, 7) is 8.11. The summed E-state index contributed by atoms with van der Waals surface area (Å²) in [5.74, 6) is -0.382. The third-order valence-electron chi connectivity index (χ3n) is 4.78. The van der Waals surface area contributed by atoms with Crippen molar-refractivity contribution in [3.05, 3.63) is 58.6 Å². The maximum Gasteiger partial charge on any atom is 0.255 e. The number of para-hydroxylation sites is 1. The molecule has 0 aromatic heterocycles. The van der Waals surface area contributed by atoms with Crippen LogP contribution in [-0.2, 0) is 16.6 Å². The van der Waals surface area contributed by atoms with Gasteiger partial charge in [-0.05, 0) is 76.5 Å². The minimum absolute atomic E-state index is 0.0673. The maximum absolute atomic E-state index is 12.9. The van der Waals surface area contributed by atoms with Gasteiger partial charge in [-0.1, -0.05) is 29.8 Å². The summed E-state index contributed by atoms with van der Waals surface area (Å²) >= 11 is 6.14. The van der Waals surface area contributed by atoms with Gasteiger partial charge >= 0.3 is 0 Å². The van der Waals surface area contributed by atoms with E-state index in [1.807, 2.05) is 24.3 Å². The Balaban J connectivity index is 1.83. The van der Waals surface area contributed by atoms with Crippen LogP contribution in [0.2, 0.25) is 5.02 Å². The molecule has 0 spiro atoms. The van der Waals surface area contributed by atoms with Gasteiger partial charge in [0.05, 0.1) is 5.02 Å². The van der Waals surface area contributed by atoms with Gasteiger partial charge < -0.3 is 5.32 Å². The average Bonchev–Trinajstić information content (AvgIpc) is 3.14. The summed E-state index contributed by atoms with van der Waals surface area (Å²) in [4.78, 5) is 15.1. The van der Waals surface area contributed by atoms with Gasteiger partial charge in [-0.3, -0.25) is 9.69 Å². The SMILES string of the molecule is CC(C)(C)NS(=O)(=O)c1cc(C(=O)Nc2ccccc2CN2CCCC2)ccc1Cl. The number of rotatable bonds is 6. The van der Waals surface area contributed by atoms with Crippen molar-refractivity contribution >= 4 is 33.2 Å². The second kappa shape index (κ2) is 9.06. The number of hydrogen-bond acceptors (Lipinski definition) is 4. The van der Waals surface area contributed by atoms with Gasteiger partial charge in [0.25, 0.3) is 5.91 Å². The Hall–Kier alpha value is -1.93. The van der Waals surface area contributed by atoms with E-state index in [1.54, 1.807) is 20.8 Å². The smallest absolute Gasteiger partial charge is 0.255 e. The molecule has 2 aromatic carbocycles. The van der Waals surface area contributed by atoms with Crippen molar-refractivity contribution < 1.29 is 13.2 Å². The predicted molar refractivity (Wildman–Crippen MR) is 120 cm³/mol. The third-order valence-corrected chi connectivity index (χ3v) is 7.02. The highest BCUT2D eigenvalue weighted by Gasteiger charge is 2.25. The molecule has 0 bridgehead atoms. The zero-order valence-electron chi connectivity index (χ0n) is 17.5. The number of carbonyl (C=O) groups excluding carboxylic acids is 1. The number of carbonyl (C=O) groups is 1. The fourth-order valence-electron chi connectivity index (χ4n) is 3.46. The Morgan fingerprint density at radius 2 is 1.77 bits per heavy atom. The summed E-state index contributed by atoms with van der Waals surface area (Å²) < 4.78 is 28.0. The molecule has 0 aliphatic carbocycles. The van der Waals surface area contributed by atoms with Crippen molar-refractivity contribution in [1.29, 1.82) is 0 Å². The van der Waals surface area contributed by atoms with Crippen LogP contribution < -0.4 is 10.0 Å². The Kier molecular flexibility index (Phi) is 6.87. The van der Waals surface area contributed by atoms with E-state index in [2.05, 4.69) is 14.9 Å². The lowest BCUT2D eigenvalue weighted by atomic mass is 10.1. The second-order valence-corrected chi connectivity index (χ2v) is 10.7. The van der Waals surface area contributed by atoms with E-state index in [4.69, 9.17) is 11.6 Å². The van der Waals surface area contributed by atoms with Crippen molar-refractivity contribution in [2.45, 2.75) is 50.6 Å². The van der Waals surface area contributed by atoms with Gasteiger partial charge in [-0.15, -0.1) is 0 Å². The lowest BCUT2D eigenvalue weighted by Gasteiger charge is -2.21. The number of halogens is 1. The summed E-state index contributed by atoms with van der Waals surface area (Å²) in [7, 11) is -3.87. The van der Waals surface area contributed by atoms with Gasteiger partial charge in [-0.2, -0.15) is 0 Å². The molecule has 1 aliphatic rings. The third kappa shape index (κ3) is 5.82. The maximum atomic E-state index is 12.9. The van der Waals surface area contributed by atoms with Crippen LogP contribution in [0.4, 0.5) is 5.69 Å². The summed E-state index contributed by atoms with van der Waals surface area (Å²) in [5.41, 5.74) is 1.31. The first kappa shape index (κ1) is 22.7. The van der Waals surface area contributed by atoms with Gasteiger partial charge in [0, 0.05) is 23.3 Å². The van der Waals surface area contributed by atoms with E-state index in [1.165, 1.54) is 31.0 Å². The minimum atomic E-state index is -3.87. The number of hydrogen-bond donors (Lipinski definition) is 2. The van der Waals surface area contributed by atoms with Crippen molar-refractivity contribution in [3.63, 3.8) is 0 Å². The van der Waals surface area contributed by atoms with Crippen LogP contribution in [0, 0.1) is 0 Å². The van der Waals surface area contributed by atoms with Crippen LogP contribution >= 0.6 is 11.6 Å². The number of sulfonamides is 1. The van der Waals surface area contributed by atoms with E-state index in [0.29, 0.717) is 0 Å². The van der Waals surface area contributed by atoms with Crippen molar-refractivity contribution in [2.75, 3.05) is 18.4 Å². The Morgan fingerprint density at radius 3 is 2.43 bits per heavy atom. The molecule has 1 heterocycles. The standard InChI is InChI=1S/C22H28ClN3O3S/c1-22(2,3)25-30(28,29)20-14-16(10-11-18(20)23)21(27)24-19-9-5-4-8-17(19)15-26-12-6-7-13-26/h4-5,8-11,14,25H,6-7,12-13,15H2,1-3H3,(H,24,27). The molecule has 1 saturated heterocycles. The zero-order valence-corrected chi connectivity index (χ0v) is 19.1. The summed E-state index contributed by atoms with van der Waals surface area (Å²) in [6, 6.07) is 12.0. The van der Waals surface area contributed by atoms with E-state index in [-0.39, 0.29) is 21.4 Å². The molecule has 0 saturated carbocycles. The average molecular weight is 450 g/mol. The van der Waals surface area contributed by atoms with Crippen molar-refractivity contribution in [1.82, 2.24) is 9.62 Å². The lowest BCUT2D eigenvalue weighted by molar-refractivity contribution is 0.102. The number of anilines is 1. The fourth-order valence-corrected chi connectivity index (χ4v) is 5.41. The van der Waals surface area contributed by atoms with E-state index >= 15 is 0 Å². The van der Waals surface area contributed by atoms with Gasteiger partial charge in [0.15, 0.2) is 0 Å². The molecule has 1 fully saturated rings. The predicted octanol–water partition coefficient (Wildman–Crippen LogP) is 4.26. The molecule has 30 heavy (non-hydrogen) atoms. The van der Waals surface area contributed by atoms with Gasteiger partial charge in [-0.25, -0.2) is 13.1 Å². The molecule has 6 nitrogen and oxygen atoms in total. The minimum Gasteiger partial charge on any atom is -0.322 e.